The van der Waals surface area contributed by atoms with Gasteiger partial charge in [0, 0.05) is 30.1 Å². The van der Waals surface area contributed by atoms with Gasteiger partial charge in [-0.15, -0.1) is 11.3 Å². The van der Waals surface area contributed by atoms with Crippen LogP contribution in [0.3, 0.4) is 0 Å². The molecule has 1 atom stereocenters. The smallest absolute Gasteiger partial charge is 0.251 e. The molecule has 1 amide bonds. The molecule has 0 unspecified atom stereocenters. The average Bonchev–Trinajstić information content (AvgIpc) is 3.34. The highest BCUT2D eigenvalue weighted by Crippen LogP contribution is 2.25. The van der Waals surface area contributed by atoms with Crippen molar-refractivity contribution in [2.24, 2.45) is 0 Å². The quantitative estimate of drug-likeness (QED) is 0.593. The number of ether oxygens (including phenoxy) is 2. The van der Waals surface area contributed by atoms with Crippen LogP contribution in [0.15, 0.2) is 72.1 Å². The molecule has 1 fully saturated rings. The summed E-state index contributed by atoms with van der Waals surface area (Å²) in [6, 6.07) is 21.7. The van der Waals surface area contributed by atoms with Crippen LogP contribution >= 0.6 is 11.3 Å². The van der Waals surface area contributed by atoms with Crippen molar-refractivity contribution in [3.63, 3.8) is 0 Å². The zero-order valence-corrected chi connectivity index (χ0v) is 17.6. The Morgan fingerprint density at radius 3 is 2.50 bits per heavy atom. The van der Waals surface area contributed by atoms with E-state index in [2.05, 4.69) is 27.7 Å². The summed E-state index contributed by atoms with van der Waals surface area (Å²) in [7, 11) is 0. The van der Waals surface area contributed by atoms with Crippen molar-refractivity contribution in [3.8, 4) is 5.75 Å². The Balaban J connectivity index is 1.33. The van der Waals surface area contributed by atoms with Crippen molar-refractivity contribution in [2.45, 2.75) is 12.6 Å². The lowest BCUT2D eigenvalue weighted by Crippen LogP contribution is -2.43. The lowest BCUT2D eigenvalue weighted by molar-refractivity contribution is 0.0169. The van der Waals surface area contributed by atoms with Crippen LogP contribution in [0.1, 0.15) is 26.8 Å². The summed E-state index contributed by atoms with van der Waals surface area (Å²) in [5, 5.41) is 5.19. The first-order valence-corrected chi connectivity index (χ1v) is 11.1. The lowest BCUT2D eigenvalue weighted by Gasteiger charge is -2.34. The van der Waals surface area contributed by atoms with Crippen molar-refractivity contribution in [2.75, 3.05) is 32.8 Å². The lowest BCUT2D eigenvalue weighted by atomic mass is 10.1. The minimum atomic E-state index is -0.0700. The minimum absolute atomic E-state index is 0.0700. The zero-order chi connectivity index (χ0) is 20.6. The summed E-state index contributed by atoms with van der Waals surface area (Å²) in [6.07, 6.45) is 0. The third kappa shape index (κ3) is 5.48. The van der Waals surface area contributed by atoms with E-state index >= 15 is 0 Å². The number of morpholine rings is 1. The molecule has 1 aromatic heterocycles. The SMILES string of the molecule is O=C(NC[C@@H](c1cccs1)N1CCOCC1)c1ccc(OCc2ccccc2)cc1. The zero-order valence-electron chi connectivity index (χ0n) is 16.8. The van der Waals surface area contributed by atoms with E-state index in [-0.39, 0.29) is 11.9 Å². The number of carbonyl (C=O) groups is 1. The maximum Gasteiger partial charge on any atom is 0.251 e. The van der Waals surface area contributed by atoms with Crippen LogP contribution in [0, 0.1) is 0 Å². The van der Waals surface area contributed by atoms with Crippen molar-refractivity contribution in [1.82, 2.24) is 10.2 Å². The molecule has 0 radical (unpaired) electrons. The van der Waals surface area contributed by atoms with Gasteiger partial charge in [0.15, 0.2) is 0 Å². The number of hydrogen-bond donors (Lipinski definition) is 1. The number of carbonyl (C=O) groups excluding carboxylic acids is 1. The normalized spacial score (nSPS) is 15.5. The molecule has 0 saturated carbocycles. The van der Waals surface area contributed by atoms with Crippen LogP contribution in [0.25, 0.3) is 0 Å². The molecule has 2 aromatic carbocycles. The van der Waals surface area contributed by atoms with E-state index in [1.54, 1.807) is 11.3 Å². The molecule has 4 rings (SSSR count). The largest absolute Gasteiger partial charge is 0.489 e. The summed E-state index contributed by atoms with van der Waals surface area (Å²) < 4.78 is 11.3. The van der Waals surface area contributed by atoms with Gasteiger partial charge in [0.1, 0.15) is 12.4 Å². The number of benzene rings is 2. The van der Waals surface area contributed by atoms with Gasteiger partial charge in [0.2, 0.25) is 0 Å². The van der Waals surface area contributed by atoms with Crippen molar-refractivity contribution < 1.29 is 14.3 Å². The third-order valence-corrected chi connectivity index (χ3v) is 6.15. The second kappa shape index (κ2) is 10.4. The average molecular weight is 423 g/mol. The molecule has 0 spiro atoms. The second-order valence-corrected chi connectivity index (χ2v) is 8.17. The van der Waals surface area contributed by atoms with Gasteiger partial charge >= 0.3 is 0 Å². The third-order valence-electron chi connectivity index (χ3n) is 5.18. The van der Waals surface area contributed by atoms with Crippen LogP contribution in [-0.2, 0) is 11.3 Å². The Morgan fingerprint density at radius 1 is 1.03 bits per heavy atom. The van der Waals surface area contributed by atoms with Crippen molar-refractivity contribution in [3.05, 3.63) is 88.1 Å². The molecule has 6 heteroatoms. The minimum Gasteiger partial charge on any atom is -0.489 e. The standard InChI is InChI=1S/C24H26N2O3S/c27-24(20-8-10-21(11-9-20)29-18-19-5-2-1-3-6-19)25-17-22(23-7-4-16-30-23)26-12-14-28-15-13-26/h1-11,16,22H,12-15,17-18H2,(H,25,27)/t22-/m0/s1. The maximum absolute atomic E-state index is 12.7. The molecule has 156 valence electrons. The Kier molecular flexibility index (Phi) is 7.13. The van der Waals surface area contributed by atoms with Crippen LogP contribution in [0.4, 0.5) is 0 Å². The summed E-state index contributed by atoms with van der Waals surface area (Å²) in [5.74, 6) is 0.680. The fourth-order valence-corrected chi connectivity index (χ4v) is 4.38. The maximum atomic E-state index is 12.7. The predicted octanol–water partition coefficient (Wildman–Crippen LogP) is 4.13. The first kappa shape index (κ1) is 20.6. The molecule has 0 aliphatic carbocycles. The van der Waals surface area contributed by atoms with Crippen LogP contribution < -0.4 is 10.1 Å². The first-order chi connectivity index (χ1) is 14.8. The number of nitrogens with zero attached hydrogens (tertiary/aromatic N) is 1. The molecule has 1 aliphatic rings. The highest BCUT2D eigenvalue weighted by molar-refractivity contribution is 7.10. The Labute approximate surface area is 181 Å². The van der Waals surface area contributed by atoms with Crippen molar-refractivity contribution in [1.29, 1.82) is 0 Å². The molecule has 1 saturated heterocycles. The highest BCUT2D eigenvalue weighted by Gasteiger charge is 2.24. The summed E-state index contributed by atoms with van der Waals surface area (Å²) in [5.41, 5.74) is 1.75. The molecule has 1 aliphatic heterocycles. The van der Waals surface area contributed by atoms with Crippen LogP contribution in [0.2, 0.25) is 0 Å². The number of nitrogens with one attached hydrogen (secondary N) is 1. The summed E-state index contributed by atoms with van der Waals surface area (Å²) in [4.78, 5) is 16.4. The molecule has 5 nitrogen and oxygen atoms in total. The van der Waals surface area contributed by atoms with Crippen LogP contribution in [0.5, 0.6) is 5.75 Å². The summed E-state index contributed by atoms with van der Waals surface area (Å²) in [6.45, 7) is 4.32. The van der Waals surface area contributed by atoms with Crippen molar-refractivity contribution >= 4 is 17.2 Å². The van der Waals surface area contributed by atoms with Gasteiger partial charge in [-0.2, -0.15) is 0 Å². The number of rotatable bonds is 8. The van der Waals surface area contributed by atoms with Gasteiger partial charge in [0.25, 0.3) is 5.91 Å². The van der Waals surface area contributed by atoms with E-state index in [0.717, 1.165) is 37.6 Å². The molecule has 0 bridgehead atoms. The number of thiophene rings is 1. The van der Waals surface area contributed by atoms with E-state index in [9.17, 15) is 4.79 Å². The van der Waals surface area contributed by atoms with Gasteiger partial charge in [-0.25, -0.2) is 0 Å². The monoisotopic (exact) mass is 422 g/mol. The molecule has 2 heterocycles. The fraction of sp³-hybridized carbons (Fsp3) is 0.292. The fourth-order valence-electron chi connectivity index (χ4n) is 3.51. The Morgan fingerprint density at radius 2 is 1.80 bits per heavy atom. The van der Waals surface area contributed by atoms with Gasteiger partial charge in [0.05, 0.1) is 19.3 Å². The van der Waals surface area contributed by atoms with E-state index in [1.165, 1.54) is 4.88 Å². The number of hydrogen-bond acceptors (Lipinski definition) is 5. The predicted molar refractivity (Wildman–Crippen MR) is 119 cm³/mol. The molecular formula is C24H26N2O3S. The molecule has 30 heavy (non-hydrogen) atoms. The molecular weight excluding hydrogens is 396 g/mol. The highest BCUT2D eigenvalue weighted by atomic mass is 32.1. The Bertz CT molecular complexity index is 907. The molecule has 1 N–H and O–H groups in total. The number of amides is 1. The second-order valence-electron chi connectivity index (χ2n) is 7.19. The molecule has 3 aromatic rings. The summed E-state index contributed by atoms with van der Waals surface area (Å²) >= 11 is 1.73. The van der Waals surface area contributed by atoms with E-state index in [4.69, 9.17) is 9.47 Å². The van der Waals surface area contributed by atoms with Gasteiger partial charge in [-0.1, -0.05) is 36.4 Å². The Hall–Kier alpha value is -2.67. The van der Waals surface area contributed by atoms with Crippen LogP contribution in [-0.4, -0.2) is 43.7 Å². The van der Waals surface area contributed by atoms with E-state index in [1.807, 2.05) is 54.6 Å². The topological polar surface area (TPSA) is 50.8 Å². The first-order valence-electron chi connectivity index (χ1n) is 10.2. The van der Waals surface area contributed by atoms with Gasteiger partial charge in [-0.05, 0) is 41.3 Å². The van der Waals surface area contributed by atoms with Gasteiger partial charge in [-0.3, -0.25) is 9.69 Å². The van der Waals surface area contributed by atoms with E-state index in [0.29, 0.717) is 18.7 Å². The van der Waals surface area contributed by atoms with Gasteiger partial charge < -0.3 is 14.8 Å². The van der Waals surface area contributed by atoms with E-state index < -0.39 is 0 Å².